The summed E-state index contributed by atoms with van der Waals surface area (Å²) in [6, 6.07) is 10.4. The Hall–Kier alpha value is -2.72. The Labute approximate surface area is 170 Å². The first-order valence-corrected chi connectivity index (χ1v) is 10.8. The maximum atomic E-state index is 13.1. The average Bonchev–Trinajstić information content (AvgIpc) is 3.29. The van der Waals surface area contributed by atoms with Crippen LogP contribution in [0.3, 0.4) is 0 Å². The number of amides is 1. The maximum Gasteiger partial charge on any atom is 0.280 e. The van der Waals surface area contributed by atoms with Gasteiger partial charge in [0, 0.05) is 11.6 Å². The Morgan fingerprint density at radius 1 is 0.929 bits per heavy atom. The van der Waals surface area contributed by atoms with Crippen LogP contribution in [0.15, 0.2) is 82.7 Å². The molecule has 0 radical (unpaired) electrons. The zero-order chi connectivity index (χ0) is 19.2. The zero-order valence-electron chi connectivity index (χ0n) is 15.8. The van der Waals surface area contributed by atoms with Crippen molar-refractivity contribution in [2.24, 2.45) is 4.99 Å². The molecule has 2 aliphatic rings. The van der Waals surface area contributed by atoms with E-state index in [-0.39, 0.29) is 5.91 Å². The van der Waals surface area contributed by atoms with Gasteiger partial charge in [-0.25, -0.2) is 4.99 Å². The van der Waals surface area contributed by atoms with Crippen LogP contribution in [-0.4, -0.2) is 11.6 Å². The molecule has 4 heteroatoms. The van der Waals surface area contributed by atoms with Crippen molar-refractivity contribution in [1.82, 2.24) is 0 Å². The highest BCUT2D eigenvalue weighted by Crippen LogP contribution is 2.33. The van der Waals surface area contributed by atoms with E-state index in [1.54, 1.807) is 28.5 Å². The van der Waals surface area contributed by atoms with Gasteiger partial charge in [0.1, 0.15) is 5.71 Å². The van der Waals surface area contributed by atoms with E-state index in [1.807, 2.05) is 53.3 Å². The fourth-order valence-electron chi connectivity index (χ4n) is 3.75. The Morgan fingerprint density at radius 3 is 2.46 bits per heavy atom. The van der Waals surface area contributed by atoms with E-state index in [0.717, 1.165) is 11.4 Å². The van der Waals surface area contributed by atoms with Crippen molar-refractivity contribution in [2.75, 3.05) is 4.90 Å². The number of nitrogens with zero attached hydrogens (tertiary/aromatic N) is 2. The van der Waals surface area contributed by atoms with Gasteiger partial charge in [-0.15, -0.1) is 0 Å². The largest absolute Gasteiger partial charge is 0.282 e. The molecule has 142 valence electrons. The molecule has 1 amide bonds. The summed E-state index contributed by atoms with van der Waals surface area (Å²) in [6.07, 6.45) is 17.7. The Balaban J connectivity index is 1.60. The Bertz CT molecular complexity index is 914. The second-order valence-corrected chi connectivity index (χ2v) is 7.95. The number of allylic oxidation sites excluding steroid dienone is 4. The fraction of sp³-hybridized carbons (Fsp3) is 0.250. The van der Waals surface area contributed by atoms with Crippen molar-refractivity contribution in [3.05, 3.63) is 83.2 Å². The first kappa shape index (κ1) is 18.6. The lowest BCUT2D eigenvalue weighted by Gasteiger charge is -2.22. The standard InChI is InChI=1S/C24H24N2OS/c27-24-23(10-6-1-2-7-16-26(24)22-15-17-28-18-22)25-21-13-11-20(12-14-21)19-8-4-3-5-9-19/h1-2,6-7,10-19H,3-5,8-9H2/b2-1-,10-6+,16-7+,25-23-. The monoisotopic (exact) mass is 388 g/mol. The van der Waals surface area contributed by atoms with Crippen molar-refractivity contribution in [3.63, 3.8) is 0 Å². The lowest BCUT2D eigenvalue weighted by Crippen LogP contribution is -2.31. The van der Waals surface area contributed by atoms with Crippen molar-refractivity contribution in [3.8, 4) is 0 Å². The first-order chi connectivity index (χ1) is 13.8. The van der Waals surface area contributed by atoms with Gasteiger partial charge in [0.15, 0.2) is 0 Å². The minimum absolute atomic E-state index is 0.133. The Morgan fingerprint density at radius 2 is 1.71 bits per heavy atom. The van der Waals surface area contributed by atoms with E-state index in [4.69, 9.17) is 0 Å². The van der Waals surface area contributed by atoms with E-state index in [9.17, 15) is 4.79 Å². The maximum absolute atomic E-state index is 13.1. The second-order valence-electron chi connectivity index (χ2n) is 7.17. The third-order valence-electron chi connectivity index (χ3n) is 5.26. The molecule has 0 saturated heterocycles. The van der Waals surface area contributed by atoms with Crippen LogP contribution in [0.1, 0.15) is 43.6 Å². The molecule has 0 atom stereocenters. The summed E-state index contributed by atoms with van der Waals surface area (Å²) in [5.74, 6) is 0.539. The van der Waals surface area contributed by atoms with E-state index < -0.39 is 0 Å². The summed E-state index contributed by atoms with van der Waals surface area (Å²) in [6.45, 7) is 0. The van der Waals surface area contributed by atoms with Gasteiger partial charge >= 0.3 is 0 Å². The normalized spacial score (nSPS) is 23.1. The minimum Gasteiger partial charge on any atom is -0.282 e. The SMILES string of the molecule is O=C1C(=N\c2ccc(C3CCCCC3)cc2)/C=C/C=C\C=C\N1c1ccsc1. The van der Waals surface area contributed by atoms with Gasteiger partial charge in [-0.3, -0.25) is 9.69 Å². The summed E-state index contributed by atoms with van der Waals surface area (Å²) < 4.78 is 0. The van der Waals surface area contributed by atoms with Crippen molar-refractivity contribution in [1.29, 1.82) is 0 Å². The van der Waals surface area contributed by atoms with Crippen LogP contribution in [0.5, 0.6) is 0 Å². The van der Waals surface area contributed by atoms with Gasteiger partial charge in [0.25, 0.3) is 5.91 Å². The number of rotatable bonds is 3. The molecule has 2 heterocycles. The fourth-order valence-corrected chi connectivity index (χ4v) is 4.38. The number of anilines is 1. The van der Waals surface area contributed by atoms with Crippen molar-refractivity contribution in [2.45, 2.75) is 38.0 Å². The summed E-state index contributed by atoms with van der Waals surface area (Å²) in [4.78, 5) is 19.4. The number of hydrogen-bond donors (Lipinski definition) is 0. The lowest BCUT2D eigenvalue weighted by molar-refractivity contribution is -0.111. The Kier molecular flexibility index (Phi) is 5.98. The van der Waals surface area contributed by atoms with E-state index >= 15 is 0 Å². The molecular weight excluding hydrogens is 364 g/mol. The smallest absolute Gasteiger partial charge is 0.280 e. The first-order valence-electron chi connectivity index (χ1n) is 9.87. The molecule has 4 rings (SSSR count). The highest BCUT2D eigenvalue weighted by atomic mass is 32.1. The predicted molar refractivity (Wildman–Crippen MR) is 119 cm³/mol. The molecule has 1 fully saturated rings. The second kappa shape index (κ2) is 8.98. The number of carbonyl (C=O) groups excluding carboxylic acids is 1. The molecule has 3 nitrogen and oxygen atoms in total. The molecule has 2 aromatic rings. The number of hydrogen-bond acceptors (Lipinski definition) is 3. The molecule has 1 aliphatic heterocycles. The molecule has 0 unspecified atom stereocenters. The zero-order valence-corrected chi connectivity index (χ0v) is 16.6. The number of thiophene rings is 1. The summed E-state index contributed by atoms with van der Waals surface area (Å²) in [5, 5.41) is 3.93. The third-order valence-corrected chi connectivity index (χ3v) is 5.93. The lowest BCUT2D eigenvalue weighted by atomic mass is 9.84. The highest BCUT2D eigenvalue weighted by molar-refractivity contribution is 7.08. The topological polar surface area (TPSA) is 32.7 Å². The highest BCUT2D eigenvalue weighted by Gasteiger charge is 2.19. The summed E-state index contributed by atoms with van der Waals surface area (Å²) >= 11 is 1.57. The van der Waals surface area contributed by atoms with Gasteiger partial charge in [0.05, 0.1) is 11.4 Å². The molecule has 0 spiro atoms. The molecule has 1 aliphatic carbocycles. The molecule has 28 heavy (non-hydrogen) atoms. The van der Waals surface area contributed by atoms with Crippen LogP contribution in [-0.2, 0) is 4.79 Å². The van der Waals surface area contributed by atoms with Crippen LogP contribution in [0.2, 0.25) is 0 Å². The van der Waals surface area contributed by atoms with Crippen LogP contribution >= 0.6 is 11.3 Å². The van der Waals surface area contributed by atoms with Crippen LogP contribution < -0.4 is 4.90 Å². The van der Waals surface area contributed by atoms with E-state index in [2.05, 4.69) is 17.1 Å². The van der Waals surface area contributed by atoms with Crippen LogP contribution in [0.4, 0.5) is 11.4 Å². The van der Waals surface area contributed by atoms with Gasteiger partial charge in [-0.2, -0.15) is 11.3 Å². The average molecular weight is 389 g/mol. The van der Waals surface area contributed by atoms with Gasteiger partial charge < -0.3 is 0 Å². The van der Waals surface area contributed by atoms with Gasteiger partial charge in [0.2, 0.25) is 0 Å². The molecule has 1 aromatic carbocycles. The van der Waals surface area contributed by atoms with Crippen LogP contribution in [0.25, 0.3) is 0 Å². The summed E-state index contributed by atoms with van der Waals surface area (Å²) in [7, 11) is 0. The molecular formula is C24H24N2OS. The molecule has 1 aromatic heterocycles. The molecule has 0 bridgehead atoms. The van der Waals surface area contributed by atoms with Gasteiger partial charge in [-0.1, -0.05) is 49.6 Å². The summed E-state index contributed by atoms with van der Waals surface area (Å²) in [5.41, 5.74) is 3.49. The number of carbonyl (C=O) groups is 1. The van der Waals surface area contributed by atoms with Crippen molar-refractivity contribution >= 4 is 34.3 Å². The van der Waals surface area contributed by atoms with E-state index in [1.165, 1.54) is 37.7 Å². The molecule has 1 saturated carbocycles. The van der Waals surface area contributed by atoms with E-state index in [0.29, 0.717) is 11.6 Å². The predicted octanol–water partition coefficient (Wildman–Crippen LogP) is 6.54. The number of aliphatic imine (C=N–C) groups is 1. The quantitative estimate of drug-likeness (QED) is 0.587. The molecule has 0 N–H and O–H groups in total. The minimum atomic E-state index is -0.133. The van der Waals surface area contributed by atoms with Crippen molar-refractivity contribution < 1.29 is 4.79 Å². The third kappa shape index (κ3) is 4.39. The van der Waals surface area contributed by atoms with Crippen LogP contribution in [0, 0.1) is 0 Å². The number of benzene rings is 1. The van der Waals surface area contributed by atoms with Gasteiger partial charge in [-0.05, 0) is 60.1 Å².